The minimum Gasteiger partial charge on any atom is -0.495 e. The summed E-state index contributed by atoms with van der Waals surface area (Å²) in [5, 5.41) is 10.2. The summed E-state index contributed by atoms with van der Waals surface area (Å²) in [5.41, 5.74) is -0.660. The van der Waals surface area contributed by atoms with Gasteiger partial charge in [0.1, 0.15) is 11.4 Å². The van der Waals surface area contributed by atoms with Gasteiger partial charge < -0.3 is 9.84 Å². The molecule has 1 aliphatic heterocycles. The Hall–Kier alpha value is -0.500. The van der Waals surface area contributed by atoms with Crippen LogP contribution >= 0.6 is 0 Å². The molecule has 0 aromatic heterocycles. The smallest absolute Gasteiger partial charge is 0.126 e. The summed E-state index contributed by atoms with van der Waals surface area (Å²) in [4.78, 5) is 0. The van der Waals surface area contributed by atoms with Crippen molar-refractivity contribution in [2.45, 2.75) is 38.7 Å². The fourth-order valence-corrected chi connectivity index (χ4v) is 2.02. The molecular weight excluding hydrogens is 152 g/mol. The molecule has 0 saturated heterocycles. The fourth-order valence-electron chi connectivity index (χ4n) is 2.02. The van der Waals surface area contributed by atoms with E-state index in [-0.39, 0.29) is 5.41 Å². The normalized spacial score (nSPS) is 38.4. The van der Waals surface area contributed by atoms with E-state index in [1.165, 1.54) is 0 Å². The summed E-state index contributed by atoms with van der Waals surface area (Å²) in [6.07, 6.45) is 4.92. The molecule has 68 valence electrons. The van der Waals surface area contributed by atoms with E-state index in [2.05, 4.69) is 13.8 Å². The third-order valence-corrected chi connectivity index (χ3v) is 3.34. The highest BCUT2D eigenvalue weighted by molar-refractivity contribution is 5.23. The summed E-state index contributed by atoms with van der Waals surface area (Å²) < 4.78 is 5.41. The molecule has 0 spiro atoms. The van der Waals surface area contributed by atoms with Crippen molar-refractivity contribution in [2.24, 2.45) is 5.41 Å². The van der Waals surface area contributed by atoms with Gasteiger partial charge in [0.2, 0.25) is 0 Å². The Kier molecular flexibility index (Phi) is 1.52. The fraction of sp³-hybridized carbons (Fsp3) is 0.800. The molecule has 0 aromatic rings. The molecule has 0 bridgehead atoms. The average molecular weight is 168 g/mol. The monoisotopic (exact) mass is 168 g/mol. The molecule has 12 heavy (non-hydrogen) atoms. The number of hydrogen-bond donors (Lipinski definition) is 1. The van der Waals surface area contributed by atoms with E-state index in [4.69, 9.17) is 4.74 Å². The molecule has 1 unspecified atom stereocenters. The van der Waals surface area contributed by atoms with Crippen molar-refractivity contribution in [2.75, 3.05) is 6.61 Å². The molecule has 1 aliphatic carbocycles. The lowest BCUT2D eigenvalue weighted by atomic mass is 9.58. The maximum Gasteiger partial charge on any atom is 0.126 e. The summed E-state index contributed by atoms with van der Waals surface area (Å²) in [7, 11) is 0. The van der Waals surface area contributed by atoms with Crippen molar-refractivity contribution in [3.63, 3.8) is 0 Å². The highest BCUT2D eigenvalue weighted by Crippen LogP contribution is 2.54. The Morgan fingerprint density at radius 3 is 2.50 bits per heavy atom. The first-order valence-corrected chi connectivity index (χ1v) is 4.62. The largest absolute Gasteiger partial charge is 0.495 e. The molecule has 1 atom stereocenters. The zero-order valence-electron chi connectivity index (χ0n) is 7.76. The van der Waals surface area contributed by atoms with Gasteiger partial charge in [-0.05, 0) is 18.9 Å². The Bertz CT molecular complexity index is 230. The van der Waals surface area contributed by atoms with E-state index in [1.807, 2.05) is 6.08 Å². The predicted molar refractivity (Wildman–Crippen MR) is 46.6 cm³/mol. The molecule has 1 saturated carbocycles. The maximum atomic E-state index is 10.2. The minimum atomic E-state index is -0.663. The molecule has 2 nitrogen and oxygen atoms in total. The number of ether oxygens (including phenoxy) is 1. The molecule has 1 heterocycles. The highest BCUT2D eigenvalue weighted by atomic mass is 16.5. The van der Waals surface area contributed by atoms with Gasteiger partial charge in [0.05, 0.1) is 6.61 Å². The van der Waals surface area contributed by atoms with Crippen LogP contribution in [0.2, 0.25) is 0 Å². The Balaban J connectivity index is 2.21. The van der Waals surface area contributed by atoms with Crippen LogP contribution in [0.1, 0.15) is 33.1 Å². The van der Waals surface area contributed by atoms with E-state index < -0.39 is 5.60 Å². The predicted octanol–water partition coefficient (Wildman–Crippen LogP) is 1.84. The van der Waals surface area contributed by atoms with Crippen molar-refractivity contribution in [1.29, 1.82) is 0 Å². The van der Waals surface area contributed by atoms with Crippen LogP contribution in [0.25, 0.3) is 0 Å². The SMILES string of the molecule is CC1(C)CCC1(O)C1=CCCO1. The van der Waals surface area contributed by atoms with Gasteiger partial charge in [-0.15, -0.1) is 0 Å². The van der Waals surface area contributed by atoms with Crippen LogP contribution in [0.4, 0.5) is 0 Å². The van der Waals surface area contributed by atoms with Crippen molar-refractivity contribution < 1.29 is 9.84 Å². The second-order valence-electron chi connectivity index (χ2n) is 4.45. The minimum absolute atomic E-state index is 0.00315. The molecule has 0 radical (unpaired) electrons. The van der Waals surface area contributed by atoms with Crippen LogP contribution in [0, 0.1) is 5.41 Å². The molecule has 1 fully saturated rings. The molecule has 2 heteroatoms. The topological polar surface area (TPSA) is 29.5 Å². The van der Waals surface area contributed by atoms with Crippen LogP contribution in [0.5, 0.6) is 0 Å². The Morgan fingerprint density at radius 1 is 1.42 bits per heavy atom. The van der Waals surface area contributed by atoms with Gasteiger partial charge in [0.25, 0.3) is 0 Å². The van der Waals surface area contributed by atoms with E-state index in [0.29, 0.717) is 0 Å². The van der Waals surface area contributed by atoms with Crippen LogP contribution < -0.4 is 0 Å². The van der Waals surface area contributed by atoms with Crippen molar-refractivity contribution in [1.82, 2.24) is 0 Å². The number of aliphatic hydroxyl groups is 1. The van der Waals surface area contributed by atoms with Crippen LogP contribution in [-0.2, 0) is 4.74 Å². The quantitative estimate of drug-likeness (QED) is 0.647. The average Bonchev–Trinajstić information content (AvgIpc) is 2.53. The summed E-state index contributed by atoms with van der Waals surface area (Å²) in [5.74, 6) is 0.818. The third-order valence-electron chi connectivity index (χ3n) is 3.34. The molecule has 0 aromatic carbocycles. The Labute approximate surface area is 73.2 Å². The summed E-state index contributed by atoms with van der Waals surface area (Å²) in [6, 6.07) is 0. The third kappa shape index (κ3) is 0.845. The van der Waals surface area contributed by atoms with Crippen molar-refractivity contribution in [3.05, 3.63) is 11.8 Å². The number of hydrogen-bond acceptors (Lipinski definition) is 2. The molecule has 1 N–H and O–H groups in total. The van der Waals surface area contributed by atoms with Gasteiger partial charge in [0.15, 0.2) is 0 Å². The second kappa shape index (κ2) is 2.25. The second-order valence-corrected chi connectivity index (χ2v) is 4.45. The molecular formula is C10H16O2. The standard InChI is InChI=1S/C10H16O2/c1-9(2)5-6-10(9,11)8-4-3-7-12-8/h4,11H,3,5-7H2,1-2H3. The lowest BCUT2D eigenvalue weighted by Gasteiger charge is -2.52. The first-order valence-electron chi connectivity index (χ1n) is 4.62. The summed E-state index contributed by atoms with van der Waals surface area (Å²) in [6.45, 7) is 4.94. The number of rotatable bonds is 1. The lowest BCUT2D eigenvalue weighted by molar-refractivity contribution is -0.144. The van der Waals surface area contributed by atoms with Gasteiger partial charge in [0, 0.05) is 11.8 Å². The molecule has 2 rings (SSSR count). The van der Waals surface area contributed by atoms with E-state index in [9.17, 15) is 5.11 Å². The zero-order chi connectivity index (χ0) is 8.82. The van der Waals surface area contributed by atoms with E-state index >= 15 is 0 Å². The zero-order valence-corrected chi connectivity index (χ0v) is 7.76. The maximum absolute atomic E-state index is 10.2. The van der Waals surface area contributed by atoms with Gasteiger partial charge in [-0.25, -0.2) is 0 Å². The van der Waals surface area contributed by atoms with Crippen LogP contribution in [0.3, 0.4) is 0 Å². The lowest BCUT2D eigenvalue weighted by Crippen LogP contribution is -2.55. The summed E-state index contributed by atoms with van der Waals surface area (Å²) >= 11 is 0. The van der Waals surface area contributed by atoms with E-state index in [1.54, 1.807) is 0 Å². The molecule has 2 aliphatic rings. The highest BCUT2D eigenvalue weighted by Gasteiger charge is 2.55. The first kappa shape index (κ1) is 8.11. The van der Waals surface area contributed by atoms with Crippen LogP contribution in [-0.4, -0.2) is 17.3 Å². The molecule has 0 amide bonds. The van der Waals surface area contributed by atoms with Crippen molar-refractivity contribution >= 4 is 0 Å². The van der Waals surface area contributed by atoms with Gasteiger partial charge in [-0.1, -0.05) is 13.8 Å². The van der Waals surface area contributed by atoms with Gasteiger partial charge >= 0.3 is 0 Å². The van der Waals surface area contributed by atoms with E-state index in [0.717, 1.165) is 31.6 Å². The van der Waals surface area contributed by atoms with Gasteiger partial charge in [-0.3, -0.25) is 0 Å². The Morgan fingerprint density at radius 2 is 2.17 bits per heavy atom. The van der Waals surface area contributed by atoms with Gasteiger partial charge in [-0.2, -0.15) is 0 Å². The van der Waals surface area contributed by atoms with Crippen molar-refractivity contribution in [3.8, 4) is 0 Å². The first-order chi connectivity index (χ1) is 5.56. The van der Waals surface area contributed by atoms with Crippen LogP contribution in [0.15, 0.2) is 11.8 Å².